The highest BCUT2D eigenvalue weighted by molar-refractivity contribution is 6.02. The van der Waals surface area contributed by atoms with Crippen LogP contribution in [0.4, 0.5) is 0 Å². The average molecular weight is 345 g/mol. The molecule has 1 aromatic rings. The first-order valence-electron chi connectivity index (χ1n) is 9.12. The van der Waals surface area contributed by atoms with Gasteiger partial charge in [0.1, 0.15) is 5.56 Å². The molecule has 2 heterocycles. The van der Waals surface area contributed by atoms with Gasteiger partial charge in [0.15, 0.2) is 5.78 Å². The number of nitrogens with one attached hydrogen (secondary N) is 2. The summed E-state index contributed by atoms with van der Waals surface area (Å²) in [6.07, 6.45) is 3.26. The molecule has 0 radical (unpaired) electrons. The summed E-state index contributed by atoms with van der Waals surface area (Å²) >= 11 is 0. The fraction of sp³-hybridized carbons (Fsp3) is 0.632. The maximum Gasteiger partial charge on any atom is 0.261 e. The topological polar surface area (TPSA) is 82.3 Å². The Labute approximate surface area is 148 Å². The SMILES string of the molecule is CCN1CCCC1CNC(=O)c1cc2c([nH]c1=O)CC(C)(C)CC2=O. The van der Waals surface area contributed by atoms with Crippen LogP contribution in [0.1, 0.15) is 66.4 Å². The van der Waals surface area contributed by atoms with Gasteiger partial charge in [-0.15, -0.1) is 0 Å². The number of rotatable bonds is 4. The van der Waals surface area contributed by atoms with E-state index in [2.05, 4.69) is 22.1 Å². The second-order valence-corrected chi connectivity index (χ2v) is 7.98. The number of carbonyl (C=O) groups is 2. The summed E-state index contributed by atoms with van der Waals surface area (Å²) in [5, 5.41) is 2.87. The number of Topliss-reactive ketones (excluding diaryl/α,β-unsaturated/α-hetero) is 1. The van der Waals surface area contributed by atoms with E-state index in [1.54, 1.807) is 0 Å². The van der Waals surface area contributed by atoms with Gasteiger partial charge in [0.05, 0.1) is 0 Å². The Morgan fingerprint density at radius 3 is 2.84 bits per heavy atom. The Morgan fingerprint density at radius 2 is 2.12 bits per heavy atom. The number of nitrogens with zero attached hydrogens (tertiary/aromatic N) is 1. The van der Waals surface area contributed by atoms with Gasteiger partial charge in [0.25, 0.3) is 11.5 Å². The molecule has 1 saturated heterocycles. The van der Waals surface area contributed by atoms with Gasteiger partial charge in [-0.2, -0.15) is 0 Å². The fourth-order valence-electron chi connectivity index (χ4n) is 4.04. The van der Waals surface area contributed by atoms with Crippen molar-refractivity contribution >= 4 is 11.7 Å². The maximum absolute atomic E-state index is 12.5. The zero-order chi connectivity index (χ0) is 18.2. The van der Waals surface area contributed by atoms with Crippen molar-refractivity contribution in [1.29, 1.82) is 0 Å². The molecule has 2 aliphatic rings. The molecule has 1 atom stereocenters. The summed E-state index contributed by atoms with van der Waals surface area (Å²) in [5.74, 6) is -0.408. The van der Waals surface area contributed by atoms with Crippen LogP contribution in [0.15, 0.2) is 10.9 Å². The monoisotopic (exact) mass is 345 g/mol. The number of aromatic amines is 1. The van der Waals surface area contributed by atoms with Crippen LogP contribution in [0.3, 0.4) is 0 Å². The molecule has 1 aliphatic carbocycles. The molecule has 1 aromatic heterocycles. The highest BCUT2D eigenvalue weighted by Crippen LogP contribution is 2.33. The van der Waals surface area contributed by atoms with Crippen LogP contribution >= 0.6 is 0 Å². The van der Waals surface area contributed by atoms with Gasteiger partial charge in [-0.3, -0.25) is 19.3 Å². The molecule has 0 aromatic carbocycles. The molecule has 1 unspecified atom stereocenters. The quantitative estimate of drug-likeness (QED) is 0.871. The molecule has 3 rings (SSSR count). The molecular formula is C19H27N3O3. The molecule has 1 amide bonds. The molecular weight excluding hydrogens is 318 g/mol. The number of carbonyl (C=O) groups excluding carboxylic acids is 2. The number of likely N-dealkylation sites (tertiary alicyclic amines) is 1. The molecule has 1 fully saturated rings. The standard InChI is InChI=1S/C19H27N3O3/c1-4-22-7-5-6-12(22)11-20-17(24)14-8-13-15(21-18(14)25)9-19(2,3)10-16(13)23/h8,12H,4-7,9-11H2,1-3H3,(H,20,24)(H,21,25). The Kier molecular flexibility index (Phi) is 4.82. The number of hydrogen-bond donors (Lipinski definition) is 2. The smallest absolute Gasteiger partial charge is 0.261 e. The van der Waals surface area contributed by atoms with Crippen LogP contribution in [0.2, 0.25) is 0 Å². The van der Waals surface area contributed by atoms with Gasteiger partial charge in [0.2, 0.25) is 0 Å². The summed E-state index contributed by atoms with van der Waals surface area (Å²) in [6.45, 7) is 8.68. The van der Waals surface area contributed by atoms with E-state index < -0.39 is 11.5 Å². The Bertz CT molecular complexity index is 751. The van der Waals surface area contributed by atoms with E-state index in [1.165, 1.54) is 6.07 Å². The number of H-pyrrole nitrogens is 1. The third-order valence-corrected chi connectivity index (χ3v) is 5.37. The Morgan fingerprint density at radius 1 is 1.36 bits per heavy atom. The number of fused-ring (bicyclic) bond motifs is 1. The van der Waals surface area contributed by atoms with E-state index in [-0.39, 0.29) is 16.8 Å². The second-order valence-electron chi connectivity index (χ2n) is 7.98. The van der Waals surface area contributed by atoms with Gasteiger partial charge in [-0.25, -0.2) is 0 Å². The van der Waals surface area contributed by atoms with Crippen LogP contribution in [-0.2, 0) is 6.42 Å². The van der Waals surface area contributed by atoms with Crippen LogP contribution < -0.4 is 10.9 Å². The molecule has 2 N–H and O–H groups in total. The minimum Gasteiger partial charge on any atom is -0.350 e. The molecule has 6 heteroatoms. The van der Waals surface area contributed by atoms with Crippen LogP contribution in [0.5, 0.6) is 0 Å². The van der Waals surface area contributed by atoms with Gasteiger partial charge in [-0.05, 0) is 43.8 Å². The van der Waals surface area contributed by atoms with E-state index in [0.717, 1.165) is 25.9 Å². The average Bonchev–Trinajstić information content (AvgIpc) is 2.98. The predicted molar refractivity (Wildman–Crippen MR) is 96.1 cm³/mol. The second kappa shape index (κ2) is 6.75. The lowest BCUT2D eigenvalue weighted by Crippen LogP contribution is -2.41. The summed E-state index contributed by atoms with van der Waals surface area (Å²) in [4.78, 5) is 42.3. The Hall–Kier alpha value is -1.95. The number of ketones is 1. The number of amides is 1. The van der Waals surface area contributed by atoms with Crippen molar-refractivity contribution < 1.29 is 9.59 Å². The van der Waals surface area contributed by atoms with Gasteiger partial charge < -0.3 is 10.3 Å². The van der Waals surface area contributed by atoms with Crippen molar-refractivity contribution in [2.75, 3.05) is 19.6 Å². The van der Waals surface area contributed by atoms with Crippen molar-refractivity contribution in [2.24, 2.45) is 5.41 Å². The third-order valence-electron chi connectivity index (χ3n) is 5.37. The van der Waals surface area contributed by atoms with Crippen LogP contribution in [-0.4, -0.2) is 47.3 Å². The minimum absolute atomic E-state index is 0.00972. The zero-order valence-corrected chi connectivity index (χ0v) is 15.3. The van der Waals surface area contributed by atoms with E-state index in [9.17, 15) is 14.4 Å². The first kappa shape index (κ1) is 17.9. The molecule has 1 aliphatic heterocycles. The number of hydrogen-bond acceptors (Lipinski definition) is 4. The lowest BCUT2D eigenvalue weighted by molar-refractivity contribution is 0.0910. The van der Waals surface area contributed by atoms with Crippen molar-refractivity contribution in [3.8, 4) is 0 Å². The highest BCUT2D eigenvalue weighted by Gasteiger charge is 2.33. The summed E-state index contributed by atoms with van der Waals surface area (Å²) in [5.41, 5.74) is 0.590. The van der Waals surface area contributed by atoms with Crippen molar-refractivity contribution in [3.05, 3.63) is 33.2 Å². The predicted octanol–water partition coefficient (Wildman–Crippen LogP) is 1.74. The lowest BCUT2D eigenvalue weighted by Gasteiger charge is -2.29. The molecule has 0 saturated carbocycles. The zero-order valence-electron chi connectivity index (χ0n) is 15.3. The first-order chi connectivity index (χ1) is 11.8. The molecule has 0 bridgehead atoms. The number of aromatic nitrogens is 1. The van der Waals surface area contributed by atoms with E-state index in [4.69, 9.17) is 0 Å². The van der Waals surface area contributed by atoms with E-state index in [1.807, 2.05) is 13.8 Å². The van der Waals surface area contributed by atoms with Crippen LogP contribution in [0, 0.1) is 5.41 Å². The summed E-state index contributed by atoms with van der Waals surface area (Å²) in [6, 6.07) is 1.81. The van der Waals surface area contributed by atoms with Gasteiger partial charge >= 0.3 is 0 Å². The number of likely N-dealkylation sites (N-methyl/N-ethyl adjacent to an activating group) is 1. The Balaban J connectivity index is 1.77. The third kappa shape index (κ3) is 3.68. The maximum atomic E-state index is 12.5. The normalized spacial score (nSPS) is 22.7. The summed E-state index contributed by atoms with van der Waals surface area (Å²) < 4.78 is 0. The molecule has 25 heavy (non-hydrogen) atoms. The molecule has 0 spiro atoms. The fourth-order valence-corrected chi connectivity index (χ4v) is 4.04. The first-order valence-corrected chi connectivity index (χ1v) is 9.12. The van der Waals surface area contributed by atoms with Gasteiger partial charge in [0, 0.05) is 30.3 Å². The highest BCUT2D eigenvalue weighted by atomic mass is 16.2. The molecule has 136 valence electrons. The van der Waals surface area contributed by atoms with Gasteiger partial charge in [-0.1, -0.05) is 20.8 Å². The van der Waals surface area contributed by atoms with E-state index >= 15 is 0 Å². The van der Waals surface area contributed by atoms with Crippen molar-refractivity contribution in [2.45, 2.75) is 52.5 Å². The van der Waals surface area contributed by atoms with E-state index in [0.29, 0.717) is 36.7 Å². The summed E-state index contributed by atoms with van der Waals surface area (Å²) in [7, 11) is 0. The molecule has 6 nitrogen and oxygen atoms in total. The largest absolute Gasteiger partial charge is 0.350 e. The number of pyridine rings is 1. The van der Waals surface area contributed by atoms with Crippen molar-refractivity contribution in [1.82, 2.24) is 15.2 Å². The van der Waals surface area contributed by atoms with Crippen molar-refractivity contribution in [3.63, 3.8) is 0 Å². The minimum atomic E-state index is -0.416. The van der Waals surface area contributed by atoms with Crippen LogP contribution in [0.25, 0.3) is 0 Å². The lowest BCUT2D eigenvalue weighted by atomic mass is 9.75.